The Morgan fingerprint density at radius 3 is 1.62 bits per heavy atom. The van der Waals surface area contributed by atoms with E-state index in [4.69, 9.17) is 3.32 Å². The fourth-order valence-electron chi connectivity index (χ4n) is 5.77. The van der Waals surface area contributed by atoms with Gasteiger partial charge in [-0.3, -0.25) is 0 Å². The van der Waals surface area contributed by atoms with Crippen molar-refractivity contribution in [3.63, 3.8) is 0 Å². The Balaban J connectivity index is 0.00000220. The summed E-state index contributed by atoms with van der Waals surface area (Å²) in [7, 11) is -2.88. The molecule has 0 N–H and O–H groups in total. The van der Waals surface area contributed by atoms with Crippen molar-refractivity contribution in [2.45, 2.75) is 69.4 Å². The van der Waals surface area contributed by atoms with Crippen LogP contribution in [-0.2, 0) is 17.0 Å². The molecule has 0 saturated heterocycles. The summed E-state index contributed by atoms with van der Waals surface area (Å²) in [6.45, 7) is 19.7. The van der Waals surface area contributed by atoms with Crippen LogP contribution >= 0.6 is 0 Å². The molecule has 210 valence electrons. The number of rotatable bonds is 7. The molecule has 0 unspecified atom stereocenters. The van der Waals surface area contributed by atoms with Crippen LogP contribution in [0.15, 0.2) is 78.9 Å². The number of fused-ring (bicyclic) bond motifs is 4. The molecular formula is C33H42Cl2OSi3Ti. The third kappa shape index (κ3) is 6.59. The summed E-state index contributed by atoms with van der Waals surface area (Å²) >= 11 is -2.08. The van der Waals surface area contributed by atoms with Crippen molar-refractivity contribution in [1.82, 2.24) is 0 Å². The molecule has 5 rings (SSSR count). The van der Waals surface area contributed by atoms with Crippen molar-refractivity contribution in [1.29, 1.82) is 0 Å². The fraction of sp³-hybridized carbons (Fsp3) is 0.333. The van der Waals surface area contributed by atoms with Gasteiger partial charge in [-0.05, 0) is 0 Å². The molecule has 0 radical (unpaired) electrons. The van der Waals surface area contributed by atoms with Crippen molar-refractivity contribution in [2.24, 2.45) is 0 Å². The van der Waals surface area contributed by atoms with Gasteiger partial charge in [-0.2, -0.15) is 0 Å². The van der Waals surface area contributed by atoms with Crippen LogP contribution in [0.3, 0.4) is 0 Å². The van der Waals surface area contributed by atoms with E-state index in [0.29, 0.717) is 4.22 Å². The molecule has 0 amide bonds. The summed E-state index contributed by atoms with van der Waals surface area (Å²) in [5, 5.41) is 5.71. The Hall–Kier alpha value is -1.12. The van der Waals surface area contributed by atoms with Crippen molar-refractivity contribution in [3.8, 4) is 16.9 Å². The van der Waals surface area contributed by atoms with Crippen LogP contribution in [-0.4, -0.2) is 22.3 Å². The maximum atomic E-state index is 7.35. The zero-order chi connectivity index (χ0) is 27.2. The Morgan fingerprint density at radius 2 is 1.15 bits per heavy atom. The molecule has 0 spiro atoms. The Labute approximate surface area is 263 Å². The number of hydrogen-bond donors (Lipinski definition) is 0. The first-order valence-electron chi connectivity index (χ1n) is 14.2. The first-order valence-corrected chi connectivity index (χ1v) is 27.0. The van der Waals surface area contributed by atoms with Gasteiger partial charge >= 0.3 is 240 Å². The first-order chi connectivity index (χ1) is 18.0. The van der Waals surface area contributed by atoms with E-state index < -0.39 is 39.3 Å². The van der Waals surface area contributed by atoms with E-state index in [0.717, 1.165) is 5.75 Å². The van der Waals surface area contributed by atoms with E-state index in [2.05, 4.69) is 132 Å². The van der Waals surface area contributed by atoms with E-state index in [9.17, 15) is 0 Å². The summed E-state index contributed by atoms with van der Waals surface area (Å²) in [6.07, 6.45) is -0.606. The maximum Gasteiger partial charge on any atom is -1.00 e. The summed E-state index contributed by atoms with van der Waals surface area (Å²) in [4.78, 5) is 0. The van der Waals surface area contributed by atoms with Gasteiger partial charge in [-0.1, -0.05) is 0 Å². The molecule has 0 fully saturated rings. The van der Waals surface area contributed by atoms with Gasteiger partial charge in [0.2, 0.25) is 0 Å². The van der Waals surface area contributed by atoms with Gasteiger partial charge in [-0.15, -0.1) is 0 Å². The SMILES string of the molecule is CC[Si](CC)=[Ti+2]([O]c1ccc2ccccc2c1)[CH]1c2cc([Si](C)(C)C)ccc2-c2ccc([Si](C)(C)C)cc21.[Cl-].[Cl-]. The minimum absolute atomic E-state index is 0. The largest absolute Gasteiger partial charge is 1.00 e. The van der Waals surface area contributed by atoms with Gasteiger partial charge in [0.15, 0.2) is 0 Å². The van der Waals surface area contributed by atoms with Crippen molar-refractivity contribution >= 4 is 43.5 Å². The van der Waals surface area contributed by atoms with Crippen LogP contribution in [0.2, 0.25) is 51.4 Å². The van der Waals surface area contributed by atoms with Crippen LogP contribution in [0.5, 0.6) is 5.75 Å². The van der Waals surface area contributed by atoms with Gasteiger partial charge in [0.1, 0.15) is 0 Å². The second-order valence-electron chi connectivity index (χ2n) is 12.8. The van der Waals surface area contributed by atoms with E-state index >= 15 is 0 Å². The van der Waals surface area contributed by atoms with Gasteiger partial charge in [0.25, 0.3) is 0 Å². The van der Waals surface area contributed by atoms with E-state index in [1.54, 1.807) is 21.5 Å². The normalized spacial score (nSPS) is 12.5. The van der Waals surface area contributed by atoms with Crippen molar-refractivity contribution in [3.05, 3.63) is 90.0 Å². The third-order valence-corrected chi connectivity index (χ3v) is 25.3. The van der Waals surface area contributed by atoms with Gasteiger partial charge < -0.3 is 24.8 Å². The number of halogens is 2. The smallest absolute Gasteiger partial charge is 1.00 e. The zero-order valence-corrected chi connectivity index (χ0v) is 31.2. The van der Waals surface area contributed by atoms with Crippen molar-refractivity contribution < 1.29 is 45.1 Å². The number of benzene rings is 4. The topological polar surface area (TPSA) is 9.23 Å². The van der Waals surface area contributed by atoms with Gasteiger partial charge in [0.05, 0.1) is 0 Å². The van der Waals surface area contributed by atoms with Crippen molar-refractivity contribution in [2.75, 3.05) is 0 Å². The maximum absolute atomic E-state index is 7.35. The van der Waals surface area contributed by atoms with Crippen LogP contribution in [0.1, 0.15) is 29.2 Å². The third-order valence-electron chi connectivity index (χ3n) is 8.16. The minimum Gasteiger partial charge on any atom is -1.00 e. The summed E-state index contributed by atoms with van der Waals surface area (Å²) in [5.74, 6) is 1.08. The predicted molar refractivity (Wildman–Crippen MR) is 171 cm³/mol. The van der Waals surface area contributed by atoms with Crippen LogP contribution in [0.4, 0.5) is 0 Å². The molecule has 0 atom stereocenters. The summed E-state index contributed by atoms with van der Waals surface area (Å²) in [5.41, 5.74) is 6.09. The monoisotopic (exact) mass is 656 g/mol. The summed E-state index contributed by atoms with van der Waals surface area (Å²) in [6, 6.07) is 33.0. The average Bonchev–Trinajstić information content (AvgIpc) is 3.20. The standard InChI is InChI=1S/C19H25Si2.C10H8O.C4H10Si.2ClH.Ti/c1-20(2,3)16-7-9-18-14(12-16)11-15-13-17(21(4,5)6)8-10-19(15)18;11-10-6-5-8-3-1-2-4-9(8)7-10;1-3-5-4-2;;;/h7-13H,1-6H3;1-7,11H;3-4H2,1-2H3;2*1H;/q;;;;;+3/p-3. The molecule has 0 heterocycles. The second kappa shape index (κ2) is 13.0. The Morgan fingerprint density at radius 1 is 0.650 bits per heavy atom. The minimum atomic E-state index is -2.08. The summed E-state index contributed by atoms with van der Waals surface area (Å²) < 4.78 is 7.80. The van der Waals surface area contributed by atoms with E-state index in [-0.39, 0.29) is 24.8 Å². The number of hydrogen-bond acceptors (Lipinski definition) is 1. The van der Waals surface area contributed by atoms with Crippen LogP contribution in [0, 0.1) is 0 Å². The van der Waals surface area contributed by atoms with E-state index in [1.165, 1.54) is 34.0 Å². The fourth-order valence-corrected chi connectivity index (χ4v) is 19.9. The van der Waals surface area contributed by atoms with Crippen LogP contribution < -0.4 is 38.5 Å². The zero-order valence-electron chi connectivity index (χ0n) is 25.2. The molecule has 0 bridgehead atoms. The molecule has 1 nitrogen and oxygen atoms in total. The molecule has 0 aliphatic heterocycles. The van der Waals surface area contributed by atoms with Gasteiger partial charge in [-0.25, -0.2) is 0 Å². The Bertz CT molecular complexity index is 1480. The molecule has 4 aromatic rings. The molecule has 0 aromatic heterocycles. The van der Waals surface area contributed by atoms with E-state index in [1.807, 2.05) is 0 Å². The molecule has 7 heteroatoms. The quantitative estimate of drug-likeness (QED) is 0.278. The average molecular weight is 658 g/mol. The molecular weight excluding hydrogens is 615 g/mol. The molecule has 1 aliphatic carbocycles. The molecule has 40 heavy (non-hydrogen) atoms. The molecule has 0 saturated carbocycles. The molecule has 4 aromatic carbocycles. The molecule has 1 aliphatic rings. The van der Waals surface area contributed by atoms with Gasteiger partial charge in [0, 0.05) is 0 Å². The van der Waals surface area contributed by atoms with Crippen LogP contribution in [0.25, 0.3) is 21.9 Å². The first kappa shape index (κ1) is 33.4. The second-order valence-corrected chi connectivity index (χ2v) is 33.3. The Kier molecular flexibility index (Phi) is 10.9. The predicted octanol–water partition coefficient (Wildman–Crippen LogP) is 2.65.